The molecule has 38 heavy (non-hydrogen) atoms. The van der Waals surface area contributed by atoms with Gasteiger partial charge in [-0.1, -0.05) is 30.3 Å². The molecule has 2 aromatic heterocycles. The maximum Gasteiger partial charge on any atom is 0.258 e. The van der Waals surface area contributed by atoms with E-state index >= 15 is 0 Å². The van der Waals surface area contributed by atoms with Crippen LogP contribution in [0, 0.1) is 0 Å². The van der Waals surface area contributed by atoms with E-state index in [0.29, 0.717) is 30.8 Å². The topological polar surface area (TPSA) is 111 Å². The maximum atomic E-state index is 13.3. The van der Waals surface area contributed by atoms with Gasteiger partial charge in [-0.2, -0.15) is 5.10 Å². The molecule has 0 saturated carbocycles. The van der Waals surface area contributed by atoms with Gasteiger partial charge in [-0.05, 0) is 55.5 Å². The zero-order valence-electron chi connectivity index (χ0n) is 21.6. The summed E-state index contributed by atoms with van der Waals surface area (Å²) in [5.41, 5.74) is 10.1. The van der Waals surface area contributed by atoms with E-state index in [1.165, 1.54) is 0 Å². The number of hydrogen-bond acceptors (Lipinski definition) is 5. The number of carbonyl (C=O) groups excluding carboxylic acids is 2. The summed E-state index contributed by atoms with van der Waals surface area (Å²) in [7, 11) is 1.86. The first-order chi connectivity index (χ1) is 18.5. The minimum absolute atomic E-state index is 0.168. The molecule has 0 radical (unpaired) electrons. The molecule has 1 saturated heterocycles. The highest BCUT2D eigenvalue weighted by Crippen LogP contribution is 2.22. The third-order valence-corrected chi connectivity index (χ3v) is 6.89. The highest BCUT2D eigenvalue weighted by molar-refractivity contribution is 6.04. The second-order valence-electron chi connectivity index (χ2n) is 9.77. The number of likely N-dealkylation sites (tertiary alicyclic amines) is 1. The quantitative estimate of drug-likeness (QED) is 0.374. The lowest BCUT2D eigenvalue weighted by Gasteiger charge is -2.30. The van der Waals surface area contributed by atoms with Gasteiger partial charge in [0.25, 0.3) is 5.91 Å². The van der Waals surface area contributed by atoms with Crippen LogP contribution in [-0.2, 0) is 18.3 Å². The van der Waals surface area contributed by atoms with E-state index in [4.69, 9.17) is 10.7 Å². The Morgan fingerprint density at radius 3 is 2.55 bits per heavy atom. The Morgan fingerprint density at radius 2 is 1.82 bits per heavy atom. The van der Waals surface area contributed by atoms with Gasteiger partial charge >= 0.3 is 0 Å². The van der Waals surface area contributed by atoms with Gasteiger partial charge in [0, 0.05) is 61.8 Å². The van der Waals surface area contributed by atoms with Crippen molar-refractivity contribution in [1.29, 1.82) is 0 Å². The molecule has 0 spiro atoms. The second-order valence-corrected chi connectivity index (χ2v) is 9.77. The standard InChI is InChI=1S/C29H33N7O2/c1-34-19-23(18-31-34)21-7-5-8-22(17-21)28(38)33-29-32-25(20-36(29)26-10-3-2-4-11-26)9-6-12-27(37)35-15-13-24(30)14-16-35/h2-5,7-8,10-11,17-20,24H,6,9,12-16,30H2,1H3,(H,32,33,38). The molecule has 9 nitrogen and oxygen atoms in total. The zero-order valence-corrected chi connectivity index (χ0v) is 21.6. The number of para-hydroxylation sites is 1. The van der Waals surface area contributed by atoms with Crippen LogP contribution in [-0.4, -0.2) is 55.2 Å². The van der Waals surface area contributed by atoms with Gasteiger partial charge in [0.1, 0.15) is 0 Å². The van der Waals surface area contributed by atoms with Crippen LogP contribution in [0.3, 0.4) is 0 Å². The molecule has 1 aliphatic heterocycles. The number of benzene rings is 2. The van der Waals surface area contributed by atoms with Crippen molar-refractivity contribution in [2.45, 2.75) is 38.1 Å². The summed E-state index contributed by atoms with van der Waals surface area (Å²) < 4.78 is 3.61. The number of aromatic nitrogens is 4. The lowest BCUT2D eigenvalue weighted by molar-refractivity contribution is -0.132. The number of amides is 2. The number of aryl methyl sites for hydroxylation is 2. The molecule has 0 unspecified atom stereocenters. The molecular weight excluding hydrogens is 478 g/mol. The molecule has 3 heterocycles. The fourth-order valence-corrected chi connectivity index (χ4v) is 4.73. The normalized spacial score (nSPS) is 14.0. The van der Waals surface area contributed by atoms with E-state index in [1.807, 2.05) is 77.4 Å². The second kappa shape index (κ2) is 11.4. The van der Waals surface area contributed by atoms with Crippen molar-refractivity contribution in [2.75, 3.05) is 18.4 Å². The summed E-state index contributed by atoms with van der Waals surface area (Å²) in [6.07, 6.45) is 9.14. The minimum atomic E-state index is -0.247. The van der Waals surface area contributed by atoms with Crippen LogP contribution < -0.4 is 11.1 Å². The van der Waals surface area contributed by atoms with Gasteiger partial charge in [0.15, 0.2) is 0 Å². The monoisotopic (exact) mass is 511 g/mol. The summed E-state index contributed by atoms with van der Waals surface area (Å²) in [6.45, 7) is 1.47. The fraction of sp³-hybridized carbons (Fsp3) is 0.310. The largest absolute Gasteiger partial charge is 0.343 e. The molecule has 2 amide bonds. The van der Waals surface area contributed by atoms with Gasteiger partial charge < -0.3 is 10.6 Å². The van der Waals surface area contributed by atoms with Crippen molar-refractivity contribution < 1.29 is 9.59 Å². The van der Waals surface area contributed by atoms with Crippen molar-refractivity contribution in [3.63, 3.8) is 0 Å². The van der Waals surface area contributed by atoms with Crippen LogP contribution in [0.15, 0.2) is 73.2 Å². The zero-order chi connectivity index (χ0) is 26.5. The maximum absolute atomic E-state index is 13.3. The molecule has 0 bridgehead atoms. The SMILES string of the molecule is Cn1cc(-c2cccc(C(=O)Nc3nc(CCCC(=O)N4CCC(N)CC4)cn3-c3ccccc3)c2)cn1. The molecule has 3 N–H and O–H groups in total. The molecule has 1 aliphatic rings. The van der Waals surface area contributed by atoms with E-state index < -0.39 is 0 Å². The third-order valence-electron chi connectivity index (χ3n) is 6.89. The average Bonchev–Trinajstić information content (AvgIpc) is 3.55. The number of imidazole rings is 1. The number of rotatable bonds is 8. The number of nitrogens with two attached hydrogens (primary N) is 1. The van der Waals surface area contributed by atoms with E-state index in [-0.39, 0.29) is 17.9 Å². The Balaban J connectivity index is 1.29. The van der Waals surface area contributed by atoms with Crippen LogP contribution >= 0.6 is 0 Å². The van der Waals surface area contributed by atoms with Crippen molar-refractivity contribution in [3.8, 4) is 16.8 Å². The Morgan fingerprint density at radius 1 is 1.03 bits per heavy atom. The predicted octanol–water partition coefficient (Wildman–Crippen LogP) is 3.80. The van der Waals surface area contributed by atoms with Crippen LogP contribution in [0.25, 0.3) is 16.8 Å². The Bertz CT molecular complexity index is 1400. The summed E-state index contributed by atoms with van der Waals surface area (Å²) in [5, 5.41) is 7.21. The van der Waals surface area contributed by atoms with Crippen LogP contribution in [0.1, 0.15) is 41.7 Å². The van der Waals surface area contributed by atoms with Crippen LogP contribution in [0.4, 0.5) is 5.95 Å². The molecule has 2 aromatic carbocycles. The third kappa shape index (κ3) is 6.00. The lowest BCUT2D eigenvalue weighted by atomic mass is 10.1. The summed E-state index contributed by atoms with van der Waals surface area (Å²) in [5.74, 6) is 0.365. The van der Waals surface area contributed by atoms with Gasteiger partial charge in [-0.3, -0.25) is 24.2 Å². The predicted molar refractivity (Wildman–Crippen MR) is 147 cm³/mol. The van der Waals surface area contributed by atoms with Gasteiger partial charge in [-0.15, -0.1) is 0 Å². The highest BCUT2D eigenvalue weighted by atomic mass is 16.2. The smallest absolute Gasteiger partial charge is 0.258 e. The Hall–Kier alpha value is -4.24. The Kier molecular flexibility index (Phi) is 7.65. The number of carbonyl (C=O) groups is 2. The summed E-state index contributed by atoms with van der Waals surface area (Å²) in [4.78, 5) is 32.5. The van der Waals surface area contributed by atoms with E-state index in [1.54, 1.807) is 16.9 Å². The van der Waals surface area contributed by atoms with Crippen LogP contribution in [0.2, 0.25) is 0 Å². The van der Waals surface area contributed by atoms with Crippen molar-refractivity contribution in [1.82, 2.24) is 24.2 Å². The molecule has 0 atom stereocenters. The highest BCUT2D eigenvalue weighted by Gasteiger charge is 2.20. The average molecular weight is 512 g/mol. The number of anilines is 1. The number of nitrogens with one attached hydrogen (secondary N) is 1. The van der Waals surface area contributed by atoms with Crippen molar-refractivity contribution in [2.24, 2.45) is 12.8 Å². The minimum Gasteiger partial charge on any atom is -0.343 e. The van der Waals surface area contributed by atoms with Gasteiger partial charge in [0.2, 0.25) is 11.9 Å². The number of nitrogens with zero attached hydrogens (tertiary/aromatic N) is 5. The molecule has 1 fully saturated rings. The summed E-state index contributed by atoms with van der Waals surface area (Å²) >= 11 is 0. The molecule has 196 valence electrons. The van der Waals surface area contributed by atoms with E-state index in [9.17, 15) is 9.59 Å². The number of hydrogen-bond donors (Lipinski definition) is 2. The van der Waals surface area contributed by atoms with Crippen molar-refractivity contribution >= 4 is 17.8 Å². The number of piperidine rings is 1. The first-order valence-corrected chi connectivity index (χ1v) is 13.0. The van der Waals surface area contributed by atoms with Gasteiger partial charge in [0.05, 0.1) is 11.9 Å². The van der Waals surface area contributed by atoms with E-state index in [0.717, 1.165) is 48.4 Å². The first kappa shape index (κ1) is 25.4. The van der Waals surface area contributed by atoms with E-state index in [2.05, 4.69) is 10.4 Å². The Labute approximate surface area is 222 Å². The molecule has 4 aromatic rings. The van der Waals surface area contributed by atoms with Gasteiger partial charge in [-0.25, -0.2) is 4.98 Å². The lowest BCUT2D eigenvalue weighted by Crippen LogP contribution is -2.42. The molecule has 9 heteroatoms. The first-order valence-electron chi connectivity index (χ1n) is 13.0. The molecule has 0 aliphatic carbocycles. The van der Waals surface area contributed by atoms with Crippen LogP contribution in [0.5, 0.6) is 0 Å². The molecular formula is C29H33N7O2. The van der Waals surface area contributed by atoms with Crippen molar-refractivity contribution in [3.05, 3.63) is 84.4 Å². The molecule has 5 rings (SSSR count). The summed E-state index contributed by atoms with van der Waals surface area (Å²) in [6, 6.07) is 17.4. The fourth-order valence-electron chi connectivity index (χ4n) is 4.73.